The first-order valence-corrected chi connectivity index (χ1v) is 10.6. The molecule has 0 aliphatic carbocycles. The molecule has 0 bridgehead atoms. The summed E-state index contributed by atoms with van der Waals surface area (Å²) in [6, 6.07) is 5.98. The summed E-state index contributed by atoms with van der Waals surface area (Å²) in [5.41, 5.74) is 1.18. The third-order valence-electron chi connectivity index (χ3n) is 3.58. The van der Waals surface area contributed by atoms with Crippen LogP contribution in [0, 0.1) is 5.92 Å². The molecule has 1 heterocycles. The van der Waals surface area contributed by atoms with Crippen molar-refractivity contribution in [2.24, 2.45) is 5.92 Å². The largest absolute Gasteiger partial charge is 0.492 e. The minimum atomic E-state index is -3.10. The van der Waals surface area contributed by atoms with E-state index in [9.17, 15) is 8.42 Å². The van der Waals surface area contributed by atoms with Crippen LogP contribution < -0.4 is 4.74 Å². The van der Waals surface area contributed by atoms with E-state index in [2.05, 4.69) is 31.9 Å². The van der Waals surface area contributed by atoms with Crippen molar-refractivity contribution in [1.29, 1.82) is 0 Å². The second-order valence-electron chi connectivity index (χ2n) is 5.34. The molecule has 1 saturated heterocycles. The van der Waals surface area contributed by atoms with E-state index in [0.717, 1.165) is 28.4 Å². The summed E-state index contributed by atoms with van der Waals surface area (Å²) in [5, 5.41) is 0.803. The van der Waals surface area contributed by atoms with Gasteiger partial charge >= 0.3 is 0 Å². The lowest BCUT2D eigenvalue weighted by atomic mass is 10.0. The van der Waals surface area contributed by atoms with Gasteiger partial charge in [-0.15, -0.1) is 0 Å². The summed E-state index contributed by atoms with van der Waals surface area (Å²) < 4.78 is 31.5. The molecule has 1 unspecified atom stereocenters. The first-order valence-electron chi connectivity index (χ1n) is 6.82. The smallest absolute Gasteiger partial charge is 0.211 e. The van der Waals surface area contributed by atoms with Crippen LogP contribution in [0.1, 0.15) is 18.4 Å². The van der Waals surface area contributed by atoms with Gasteiger partial charge in [-0.3, -0.25) is 0 Å². The lowest BCUT2D eigenvalue weighted by molar-refractivity contribution is 0.180. The maximum absolute atomic E-state index is 11.6. The molecule has 7 heteroatoms. The van der Waals surface area contributed by atoms with E-state index in [-0.39, 0.29) is 5.92 Å². The van der Waals surface area contributed by atoms with Crippen molar-refractivity contribution < 1.29 is 13.2 Å². The predicted octanol–water partition coefficient (Wildman–Crippen LogP) is 3.39. The van der Waals surface area contributed by atoms with Crippen LogP contribution in [-0.4, -0.2) is 38.7 Å². The van der Waals surface area contributed by atoms with Crippen molar-refractivity contribution in [2.45, 2.75) is 18.2 Å². The van der Waals surface area contributed by atoms with Crippen molar-refractivity contribution in [3.8, 4) is 5.75 Å². The molecule has 1 aliphatic heterocycles. The standard InChI is InChI=1S/C14H19Br2NO3S/c1-21(18,19)17-6-2-3-12(9-17)10-20-14-5-4-11(8-15)7-13(14)16/h4-5,7,12H,2-3,6,8-10H2,1H3. The molecule has 0 spiro atoms. The lowest BCUT2D eigenvalue weighted by Gasteiger charge is -2.30. The Bertz CT molecular complexity index is 592. The van der Waals surface area contributed by atoms with Crippen LogP contribution in [-0.2, 0) is 15.4 Å². The van der Waals surface area contributed by atoms with Crippen LogP contribution in [0.25, 0.3) is 0 Å². The number of hydrogen-bond acceptors (Lipinski definition) is 3. The molecule has 118 valence electrons. The van der Waals surface area contributed by atoms with Crippen LogP contribution in [0.2, 0.25) is 0 Å². The highest BCUT2D eigenvalue weighted by Crippen LogP contribution is 2.28. The van der Waals surface area contributed by atoms with Gasteiger partial charge in [0, 0.05) is 24.3 Å². The maximum atomic E-state index is 11.6. The molecule has 2 rings (SSSR count). The Balaban J connectivity index is 1.94. The number of halogens is 2. The number of alkyl halides is 1. The highest BCUT2D eigenvalue weighted by molar-refractivity contribution is 9.10. The molecular weight excluding hydrogens is 422 g/mol. The summed E-state index contributed by atoms with van der Waals surface area (Å²) >= 11 is 6.92. The minimum Gasteiger partial charge on any atom is -0.492 e. The van der Waals surface area contributed by atoms with Crippen LogP contribution in [0.3, 0.4) is 0 Å². The number of sulfonamides is 1. The Hall–Kier alpha value is -0.110. The average Bonchev–Trinajstić information content (AvgIpc) is 2.45. The van der Waals surface area contributed by atoms with Gasteiger partial charge in [-0.25, -0.2) is 12.7 Å². The van der Waals surface area contributed by atoms with Gasteiger partial charge in [0.1, 0.15) is 5.75 Å². The van der Waals surface area contributed by atoms with Crippen molar-refractivity contribution in [3.05, 3.63) is 28.2 Å². The van der Waals surface area contributed by atoms with E-state index >= 15 is 0 Å². The molecule has 0 radical (unpaired) electrons. The van der Waals surface area contributed by atoms with Gasteiger partial charge in [-0.2, -0.15) is 0 Å². The van der Waals surface area contributed by atoms with E-state index in [1.807, 2.05) is 18.2 Å². The SMILES string of the molecule is CS(=O)(=O)N1CCCC(COc2ccc(CBr)cc2Br)C1. The quantitative estimate of drug-likeness (QED) is 0.659. The molecule has 1 fully saturated rings. The molecule has 1 aromatic carbocycles. The van der Waals surface area contributed by atoms with Crippen molar-refractivity contribution >= 4 is 41.9 Å². The van der Waals surface area contributed by atoms with E-state index < -0.39 is 10.0 Å². The van der Waals surface area contributed by atoms with Gasteiger partial charge in [0.25, 0.3) is 0 Å². The molecule has 0 saturated carbocycles. The van der Waals surface area contributed by atoms with Crippen molar-refractivity contribution in [1.82, 2.24) is 4.31 Å². The van der Waals surface area contributed by atoms with Crippen LogP contribution in [0.15, 0.2) is 22.7 Å². The maximum Gasteiger partial charge on any atom is 0.211 e. The van der Waals surface area contributed by atoms with E-state index in [1.165, 1.54) is 11.8 Å². The molecule has 0 aromatic heterocycles. The zero-order chi connectivity index (χ0) is 15.5. The van der Waals surface area contributed by atoms with Crippen LogP contribution in [0.5, 0.6) is 5.75 Å². The average molecular weight is 441 g/mol. The fraction of sp³-hybridized carbons (Fsp3) is 0.571. The summed E-state index contributed by atoms with van der Waals surface area (Å²) in [6.07, 6.45) is 3.17. The molecule has 1 atom stereocenters. The van der Waals surface area contributed by atoms with Gasteiger partial charge in [0.2, 0.25) is 10.0 Å². The van der Waals surface area contributed by atoms with Crippen molar-refractivity contribution in [2.75, 3.05) is 26.0 Å². The minimum absolute atomic E-state index is 0.247. The van der Waals surface area contributed by atoms with Gasteiger partial charge in [0.15, 0.2) is 0 Å². The normalized spacial score (nSPS) is 20.4. The number of rotatable bonds is 5. The molecule has 21 heavy (non-hydrogen) atoms. The predicted molar refractivity (Wildman–Crippen MR) is 91.4 cm³/mol. The number of piperidine rings is 1. The molecular formula is C14H19Br2NO3S. The van der Waals surface area contributed by atoms with Crippen LogP contribution >= 0.6 is 31.9 Å². The zero-order valence-electron chi connectivity index (χ0n) is 11.9. The van der Waals surface area contributed by atoms with Gasteiger partial charge < -0.3 is 4.74 Å². The van der Waals surface area contributed by atoms with E-state index in [0.29, 0.717) is 19.7 Å². The Morgan fingerprint density at radius 3 is 2.81 bits per heavy atom. The number of nitrogens with zero attached hydrogens (tertiary/aromatic N) is 1. The highest BCUT2D eigenvalue weighted by atomic mass is 79.9. The molecule has 0 amide bonds. The Kier molecular flexibility index (Phi) is 6.11. The third kappa shape index (κ3) is 4.94. The Morgan fingerprint density at radius 1 is 1.43 bits per heavy atom. The summed E-state index contributed by atoms with van der Waals surface area (Å²) in [4.78, 5) is 0. The highest BCUT2D eigenvalue weighted by Gasteiger charge is 2.26. The number of hydrogen-bond donors (Lipinski definition) is 0. The monoisotopic (exact) mass is 439 g/mol. The Morgan fingerprint density at radius 2 is 2.19 bits per heavy atom. The summed E-state index contributed by atoms with van der Waals surface area (Å²) in [6.45, 7) is 1.72. The van der Waals surface area contributed by atoms with E-state index in [4.69, 9.17) is 4.74 Å². The second-order valence-corrected chi connectivity index (χ2v) is 8.74. The number of benzene rings is 1. The fourth-order valence-electron chi connectivity index (χ4n) is 2.42. The third-order valence-corrected chi connectivity index (χ3v) is 6.11. The first kappa shape index (κ1) is 17.2. The molecule has 4 nitrogen and oxygen atoms in total. The summed E-state index contributed by atoms with van der Waals surface area (Å²) in [7, 11) is -3.10. The van der Waals surface area contributed by atoms with Gasteiger partial charge in [-0.1, -0.05) is 22.0 Å². The zero-order valence-corrected chi connectivity index (χ0v) is 15.9. The molecule has 1 aliphatic rings. The molecule has 1 aromatic rings. The Labute approximate surface area is 143 Å². The van der Waals surface area contributed by atoms with E-state index in [1.54, 1.807) is 4.31 Å². The number of ether oxygens (including phenoxy) is 1. The van der Waals surface area contributed by atoms with Gasteiger partial charge in [0.05, 0.1) is 17.3 Å². The molecule has 0 N–H and O–H groups in total. The fourth-order valence-corrected chi connectivity index (χ4v) is 4.25. The van der Waals surface area contributed by atoms with Crippen LogP contribution in [0.4, 0.5) is 0 Å². The first-order chi connectivity index (χ1) is 9.90. The van der Waals surface area contributed by atoms with Gasteiger partial charge in [-0.05, 0) is 46.5 Å². The topological polar surface area (TPSA) is 46.6 Å². The second kappa shape index (κ2) is 7.44. The summed E-state index contributed by atoms with van der Waals surface area (Å²) in [5.74, 6) is 1.05. The van der Waals surface area contributed by atoms with Crippen molar-refractivity contribution in [3.63, 3.8) is 0 Å². The lowest BCUT2D eigenvalue weighted by Crippen LogP contribution is -2.40.